The number of ketones is 1. The maximum atomic E-state index is 12.6. The van der Waals surface area contributed by atoms with Crippen molar-refractivity contribution in [1.29, 1.82) is 0 Å². The Balaban J connectivity index is 1.19. The second-order valence-corrected chi connectivity index (χ2v) is 13.2. The highest BCUT2D eigenvalue weighted by molar-refractivity contribution is 5.96. The lowest BCUT2D eigenvalue weighted by atomic mass is 9.46. The number of methoxy groups -OCH3 is 1. The van der Waals surface area contributed by atoms with Crippen LogP contribution in [-0.2, 0) is 30.4 Å². The summed E-state index contributed by atoms with van der Waals surface area (Å²) in [7, 11) is 1.28. The SMILES string of the molecule is COC(=O)[C@H](Cc1ccc(O)cc1)NC(=O)CO/N=C1/C=C2CC[C@@H]3[C@@H]4CC[C@H](C(C)=O)[C@@]4(C)CC[C@@H]3[C@@]2(C)CC1. The molecule has 8 nitrogen and oxygen atoms in total. The van der Waals surface area contributed by atoms with Crippen molar-refractivity contribution >= 4 is 23.4 Å². The Morgan fingerprint density at radius 1 is 1.05 bits per heavy atom. The van der Waals surface area contributed by atoms with Gasteiger partial charge in [0.25, 0.3) is 5.91 Å². The van der Waals surface area contributed by atoms with E-state index in [-0.39, 0.29) is 35.5 Å². The van der Waals surface area contributed by atoms with Crippen LogP contribution in [0.3, 0.4) is 0 Å². The Hall–Kier alpha value is -3.16. The predicted molar refractivity (Wildman–Crippen MR) is 155 cm³/mol. The molecule has 0 aliphatic heterocycles. The summed E-state index contributed by atoms with van der Waals surface area (Å²) < 4.78 is 4.86. The second kappa shape index (κ2) is 11.6. The molecule has 41 heavy (non-hydrogen) atoms. The molecule has 8 heteroatoms. The van der Waals surface area contributed by atoms with E-state index in [9.17, 15) is 19.5 Å². The molecule has 3 fully saturated rings. The standard InChI is InChI=1S/C33H44N2O6/c1-20(36)26-11-12-27-25-10-7-22-18-23(13-15-32(22,2)28(25)14-16-33(26,27)3)35-41-19-30(38)34-29(31(39)40-4)17-21-5-8-24(37)9-6-21/h5-6,8-9,18,25-29,37H,7,10-17,19H2,1-4H3,(H,34,38)/b35-23+/t25-,26-,27+,28+,29+,32+,33-/m1/s1. The molecule has 1 aromatic rings. The van der Waals surface area contributed by atoms with Crippen molar-refractivity contribution in [3.05, 3.63) is 41.5 Å². The number of phenolic OH excluding ortho intramolecular Hbond substituents is 1. The topological polar surface area (TPSA) is 114 Å². The average Bonchev–Trinajstić information content (AvgIpc) is 3.31. The van der Waals surface area contributed by atoms with Crippen LogP contribution in [0.25, 0.3) is 0 Å². The number of aromatic hydroxyl groups is 1. The minimum atomic E-state index is -0.871. The van der Waals surface area contributed by atoms with Crippen LogP contribution in [0.4, 0.5) is 0 Å². The summed E-state index contributed by atoms with van der Waals surface area (Å²) in [5.74, 6) is 1.70. The molecule has 7 atom stereocenters. The van der Waals surface area contributed by atoms with Crippen molar-refractivity contribution in [1.82, 2.24) is 5.32 Å². The Morgan fingerprint density at radius 3 is 2.51 bits per heavy atom. The van der Waals surface area contributed by atoms with Gasteiger partial charge in [0.1, 0.15) is 17.6 Å². The first-order chi connectivity index (χ1) is 19.5. The van der Waals surface area contributed by atoms with Gasteiger partial charge in [-0.1, -0.05) is 36.7 Å². The molecule has 0 radical (unpaired) electrons. The quantitative estimate of drug-likeness (QED) is 0.334. The molecule has 1 aromatic carbocycles. The molecule has 0 bridgehead atoms. The minimum Gasteiger partial charge on any atom is -0.508 e. The zero-order chi connectivity index (χ0) is 29.4. The van der Waals surface area contributed by atoms with E-state index in [1.165, 1.54) is 44.1 Å². The number of hydrogen-bond donors (Lipinski definition) is 2. The summed E-state index contributed by atoms with van der Waals surface area (Å²) in [5, 5.41) is 16.5. The van der Waals surface area contributed by atoms with Gasteiger partial charge in [-0.05, 0) is 111 Å². The van der Waals surface area contributed by atoms with Gasteiger partial charge in [0.15, 0.2) is 6.61 Å². The van der Waals surface area contributed by atoms with Crippen molar-refractivity contribution in [2.24, 2.45) is 39.7 Å². The molecule has 0 heterocycles. The third kappa shape index (κ3) is 5.67. The van der Waals surface area contributed by atoms with E-state index in [0.29, 0.717) is 23.5 Å². The summed E-state index contributed by atoms with van der Waals surface area (Å²) in [6.45, 7) is 6.31. The van der Waals surface area contributed by atoms with E-state index in [1.807, 2.05) is 0 Å². The number of phenols is 1. The van der Waals surface area contributed by atoms with Crippen LogP contribution in [0.5, 0.6) is 5.75 Å². The van der Waals surface area contributed by atoms with Crippen LogP contribution in [0.15, 0.2) is 41.1 Å². The summed E-state index contributed by atoms with van der Waals surface area (Å²) >= 11 is 0. The van der Waals surface area contributed by atoms with Crippen LogP contribution in [0.1, 0.15) is 77.7 Å². The molecule has 0 spiro atoms. The lowest BCUT2D eigenvalue weighted by Gasteiger charge is -2.58. The lowest BCUT2D eigenvalue weighted by molar-refractivity contribution is -0.145. The highest BCUT2D eigenvalue weighted by Crippen LogP contribution is 2.66. The number of hydrogen-bond acceptors (Lipinski definition) is 7. The smallest absolute Gasteiger partial charge is 0.328 e. The van der Waals surface area contributed by atoms with Crippen LogP contribution < -0.4 is 5.32 Å². The molecule has 2 N–H and O–H groups in total. The van der Waals surface area contributed by atoms with Gasteiger partial charge in [-0.15, -0.1) is 0 Å². The number of carbonyl (C=O) groups is 3. The maximum Gasteiger partial charge on any atom is 0.328 e. The summed E-state index contributed by atoms with van der Waals surface area (Å²) in [6.07, 6.45) is 11.0. The number of nitrogens with one attached hydrogen (secondary N) is 1. The number of allylic oxidation sites excluding steroid dienone is 2. The van der Waals surface area contributed by atoms with Gasteiger partial charge in [-0.25, -0.2) is 4.79 Å². The number of benzene rings is 1. The van der Waals surface area contributed by atoms with E-state index >= 15 is 0 Å². The summed E-state index contributed by atoms with van der Waals surface area (Å²) in [6, 6.07) is 5.58. The fourth-order valence-electron chi connectivity index (χ4n) is 8.92. The summed E-state index contributed by atoms with van der Waals surface area (Å²) in [5.41, 5.74) is 3.39. The molecule has 5 rings (SSSR count). The highest BCUT2D eigenvalue weighted by atomic mass is 16.6. The van der Waals surface area contributed by atoms with Crippen molar-refractivity contribution in [2.45, 2.75) is 84.6 Å². The maximum absolute atomic E-state index is 12.6. The molecule has 222 valence electrons. The van der Waals surface area contributed by atoms with Gasteiger partial charge in [0.2, 0.25) is 0 Å². The number of rotatable bonds is 8. The average molecular weight is 565 g/mol. The molecule has 0 saturated heterocycles. The molecular weight excluding hydrogens is 520 g/mol. The van der Waals surface area contributed by atoms with E-state index in [4.69, 9.17) is 9.57 Å². The normalized spacial score (nSPS) is 34.0. The number of fused-ring (bicyclic) bond motifs is 5. The Morgan fingerprint density at radius 2 is 1.80 bits per heavy atom. The summed E-state index contributed by atoms with van der Waals surface area (Å²) in [4.78, 5) is 42.7. The fourth-order valence-corrected chi connectivity index (χ4v) is 8.92. The molecule has 4 aliphatic carbocycles. The van der Waals surface area contributed by atoms with Gasteiger partial charge in [0.05, 0.1) is 12.8 Å². The number of nitrogens with zero attached hydrogens (tertiary/aromatic N) is 1. The van der Waals surface area contributed by atoms with Gasteiger partial charge in [-0.2, -0.15) is 0 Å². The van der Waals surface area contributed by atoms with E-state index < -0.39 is 17.9 Å². The number of amides is 1. The Labute approximate surface area is 242 Å². The first-order valence-corrected chi connectivity index (χ1v) is 15.1. The number of carbonyl (C=O) groups excluding carboxylic acids is 3. The van der Waals surface area contributed by atoms with Crippen LogP contribution in [0.2, 0.25) is 0 Å². The second-order valence-electron chi connectivity index (χ2n) is 13.2. The molecular formula is C33H44N2O6. The van der Waals surface area contributed by atoms with Crippen LogP contribution >= 0.6 is 0 Å². The zero-order valence-corrected chi connectivity index (χ0v) is 24.8. The Kier molecular flexibility index (Phi) is 8.31. The van der Waals surface area contributed by atoms with Gasteiger partial charge in [0, 0.05) is 12.3 Å². The first kappa shape index (κ1) is 29.3. The Bertz CT molecular complexity index is 1240. The molecule has 3 saturated carbocycles. The van der Waals surface area contributed by atoms with Crippen molar-refractivity contribution in [3.63, 3.8) is 0 Å². The van der Waals surface area contributed by atoms with Crippen molar-refractivity contribution in [3.8, 4) is 5.75 Å². The predicted octanol–water partition coefficient (Wildman–Crippen LogP) is 5.13. The third-order valence-electron chi connectivity index (χ3n) is 11.0. The minimum absolute atomic E-state index is 0.129. The lowest BCUT2D eigenvalue weighted by Crippen LogP contribution is -2.51. The zero-order valence-electron chi connectivity index (χ0n) is 24.8. The largest absolute Gasteiger partial charge is 0.508 e. The first-order valence-electron chi connectivity index (χ1n) is 15.1. The van der Waals surface area contributed by atoms with Crippen molar-refractivity contribution < 1.29 is 29.1 Å². The molecule has 4 aliphatic rings. The van der Waals surface area contributed by atoms with Gasteiger partial charge in [-0.3, -0.25) is 9.59 Å². The number of esters is 1. The van der Waals surface area contributed by atoms with Crippen LogP contribution in [0, 0.1) is 34.5 Å². The fraction of sp³-hybridized carbons (Fsp3) is 0.636. The molecule has 0 unspecified atom stereocenters. The monoisotopic (exact) mass is 564 g/mol. The van der Waals surface area contributed by atoms with Gasteiger partial charge >= 0.3 is 5.97 Å². The number of ether oxygens (including phenoxy) is 1. The molecule has 1 amide bonds. The number of oxime groups is 1. The van der Waals surface area contributed by atoms with Crippen LogP contribution in [-0.4, -0.2) is 48.2 Å². The number of Topliss-reactive ketones (excluding diaryl/α,β-unsaturated/α-hetero) is 1. The van der Waals surface area contributed by atoms with E-state index in [1.54, 1.807) is 19.1 Å². The molecule has 0 aromatic heterocycles. The van der Waals surface area contributed by atoms with E-state index in [2.05, 4.69) is 30.4 Å². The van der Waals surface area contributed by atoms with E-state index in [0.717, 1.165) is 43.4 Å². The highest BCUT2D eigenvalue weighted by Gasteiger charge is 2.59. The van der Waals surface area contributed by atoms with Crippen molar-refractivity contribution in [2.75, 3.05) is 13.7 Å². The third-order valence-corrected chi connectivity index (χ3v) is 11.0. The van der Waals surface area contributed by atoms with Gasteiger partial charge < -0.3 is 20.0 Å².